The molecule has 0 saturated heterocycles. The van der Waals surface area contributed by atoms with E-state index in [4.69, 9.17) is 14.5 Å². The smallest absolute Gasteiger partial charge is 0.253 e. The summed E-state index contributed by atoms with van der Waals surface area (Å²) in [4.78, 5) is 17.6. The van der Waals surface area contributed by atoms with Gasteiger partial charge in [-0.05, 0) is 41.1 Å². The molecule has 0 atom stereocenters. The van der Waals surface area contributed by atoms with Crippen molar-refractivity contribution in [3.8, 4) is 5.75 Å². The van der Waals surface area contributed by atoms with Crippen molar-refractivity contribution < 1.29 is 24.2 Å². The number of ether oxygens (including phenoxy) is 1. The summed E-state index contributed by atoms with van der Waals surface area (Å²) in [6.07, 6.45) is 0. The van der Waals surface area contributed by atoms with Gasteiger partial charge in [0.25, 0.3) is 5.91 Å². The van der Waals surface area contributed by atoms with Gasteiger partial charge in [-0.1, -0.05) is 5.16 Å². The van der Waals surface area contributed by atoms with Crippen molar-refractivity contribution in [1.29, 1.82) is 0 Å². The fourth-order valence-electron chi connectivity index (χ4n) is 1.88. The number of nitrogens with zero attached hydrogens (tertiary/aromatic N) is 2. The molecule has 1 N–H and O–H groups in total. The molecule has 23 heavy (non-hydrogen) atoms. The molecule has 8 heteroatoms. The van der Waals surface area contributed by atoms with Gasteiger partial charge in [0.05, 0.1) is 16.8 Å². The van der Waals surface area contributed by atoms with Crippen LogP contribution in [0.25, 0.3) is 0 Å². The summed E-state index contributed by atoms with van der Waals surface area (Å²) in [6.45, 7) is 2.43. The number of likely N-dealkylation sites (N-methyl/N-ethyl adjacent to an activating group) is 1. The minimum absolute atomic E-state index is 0.0567. The molecule has 0 bridgehead atoms. The number of carbonyl (C=O) groups excluding carboxylic acids is 1. The zero-order valence-electron chi connectivity index (χ0n) is 12.8. The number of amides is 1. The summed E-state index contributed by atoms with van der Waals surface area (Å²) < 4.78 is 11.4. The number of aromatic nitrogens is 1. The van der Waals surface area contributed by atoms with Crippen molar-refractivity contribution in [2.75, 3.05) is 20.2 Å². The molecule has 1 heterocycles. The maximum absolute atomic E-state index is 12.2. The summed E-state index contributed by atoms with van der Waals surface area (Å²) in [5, 5.41) is 12.1. The van der Waals surface area contributed by atoms with Crippen LogP contribution in [0.15, 0.2) is 33.3 Å². The van der Waals surface area contributed by atoms with E-state index in [0.717, 1.165) is 5.69 Å². The van der Waals surface area contributed by atoms with Crippen molar-refractivity contribution in [1.82, 2.24) is 10.1 Å². The lowest BCUT2D eigenvalue weighted by atomic mass is 10.2. The van der Waals surface area contributed by atoms with E-state index in [1.807, 2.05) is 6.92 Å². The van der Waals surface area contributed by atoms with Gasteiger partial charge >= 0.3 is 0 Å². The number of benzene rings is 1. The fraction of sp³-hybridized carbons (Fsp3) is 0.333. The highest BCUT2D eigenvalue weighted by Gasteiger charge is 2.14. The van der Waals surface area contributed by atoms with Gasteiger partial charge in [0.2, 0.25) is 0 Å². The third-order valence-electron chi connectivity index (χ3n) is 3.09. The van der Waals surface area contributed by atoms with E-state index in [2.05, 4.69) is 26.0 Å². The highest BCUT2D eigenvalue weighted by atomic mass is 79.9. The first-order valence-corrected chi connectivity index (χ1v) is 7.67. The van der Waals surface area contributed by atoms with Crippen LogP contribution in [-0.4, -0.2) is 41.4 Å². The van der Waals surface area contributed by atoms with Gasteiger partial charge in [-0.25, -0.2) is 4.89 Å². The molecule has 0 spiro atoms. The standard InChI is InChI=1S/C15H17BrN2O5/c1-10-7-12(23-17-10)9-21-14-4-3-11(8-13(14)16)15(19)18(2)5-6-22-20/h3-4,7-8,20H,5-6,9H2,1-2H3. The van der Waals surface area contributed by atoms with Gasteiger partial charge in [-0.3, -0.25) is 10.1 Å². The van der Waals surface area contributed by atoms with Crippen LogP contribution in [-0.2, 0) is 11.5 Å². The summed E-state index contributed by atoms with van der Waals surface area (Å²) in [5.41, 5.74) is 1.29. The minimum atomic E-state index is -0.180. The van der Waals surface area contributed by atoms with Crippen LogP contribution in [0.2, 0.25) is 0 Å². The Morgan fingerprint density at radius 1 is 1.43 bits per heavy atom. The Kier molecular flexibility index (Phi) is 6.14. The number of rotatable bonds is 7. The molecular formula is C15H17BrN2O5. The zero-order chi connectivity index (χ0) is 16.8. The van der Waals surface area contributed by atoms with Gasteiger partial charge in [0, 0.05) is 25.2 Å². The Balaban J connectivity index is 2.00. The van der Waals surface area contributed by atoms with Crippen LogP contribution in [0.1, 0.15) is 21.8 Å². The quantitative estimate of drug-likeness (QED) is 0.583. The lowest BCUT2D eigenvalue weighted by Gasteiger charge is -2.16. The van der Waals surface area contributed by atoms with Crippen LogP contribution in [0, 0.1) is 6.92 Å². The largest absolute Gasteiger partial charge is 0.484 e. The molecule has 124 valence electrons. The van der Waals surface area contributed by atoms with Crippen molar-refractivity contribution in [3.05, 3.63) is 45.8 Å². The minimum Gasteiger partial charge on any atom is -0.484 e. The summed E-state index contributed by atoms with van der Waals surface area (Å²) in [5.74, 6) is 1.04. The molecule has 0 saturated carbocycles. The number of hydrogen-bond donors (Lipinski definition) is 1. The fourth-order valence-corrected chi connectivity index (χ4v) is 2.38. The number of aryl methyl sites for hydroxylation is 1. The summed E-state index contributed by atoms with van der Waals surface area (Å²) in [7, 11) is 1.63. The lowest BCUT2D eigenvalue weighted by Crippen LogP contribution is -2.29. The molecule has 0 radical (unpaired) electrons. The summed E-state index contributed by atoms with van der Waals surface area (Å²) in [6, 6.07) is 6.85. The van der Waals surface area contributed by atoms with E-state index in [-0.39, 0.29) is 25.7 Å². The van der Waals surface area contributed by atoms with E-state index in [0.29, 0.717) is 21.5 Å². The SMILES string of the molecule is Cc1cc(COc2ccc(C(=O)N(C)CCOO)cc2Br)on1. The monoisotopic (exact) mass is 384 g/mol. The van der Waals surface area contributed by atoms with Gasteiger partial charge in [-0.2, -0.15) is 0 Å². The number of carbonyl (C=O) groups is 1. The second kappa shape index (κ2) is 8.09. The van der Waals surface area contributed by atoms with Crippen LogP contribution in [0.3, 0.4) is 0 Å². The molecule has 0 aliphatic carbocycles. The molecule has 1 aromatic carbocycles. The molecule has 0 unspecified atom stereocenters. The van der Waals surface area contributed by atoms with Crippen molar-refractivity contribution >= 4 is 21.8 Å². The van der Waals surface area contributed by atoms with Crippen LogP contribution in [0.5, 0.6) is 5.75 Å². The average Bonchev–Trinajstić information content (AvgIpc) is 2.96. The van der Waals surface area contributed by atoms with E-state index < -0.39 is 0 Å². The second-order valence-electron chi connectivity index (χ2n) is 4.93. The molecule has 0 fully saturated rings. The van der Waals surface area contributed by atoms with E-state index in [1.165, 1.54) is 4.90 Å². The normalized spacial score (nSPS) is 10.6. The Morgan fingerprint density at radius 2 is 2.22 bits per heavy atom. The zero-order valence-corrected chi connectivity index (χ0v) is 14.4. The first kappa shape index (κ1) is 17.5. The van der Waals surface area contributed by atoms with E-state index in [1.54, 1.807) is 31.3 Å². The molecule has 7 nitrogen and oxygen atoms in total. The molecule has 1 aromatic heterocycles. The first-order chi connectivity index (χ1) is 11.0. The number of halogens is 1. The topological polar surface area (TPSA) is 85.0 Å². The van der Waals surface area contributed by atoms with Gasteiger partial charge in [0.1, 0.15) is 12.4 Å². The summed E-state index contributed by atoms with van der Waals surface area (Å²) >= 11 is 3.39. The predicted octanol–water partition coefficient (Wildman–Crippen LogP) is 2.89. The second-order valence-corrected chi connectivity index (χ2v) is 5.78. The third-order valence-corrected chi connectivity index (χ3v) is 3.71. The highest BCUT2D eigenvalue weighted by molar-refractivity contribution is 9.10. The molecule has 2 rings (SSSR count). The Morgan fingerprint density at radius 3 is 2.83 bits per heavy atom. The van der Waals surface area contributed by atoms with Gasteiger partial charge < -0.3 is 14.2 Å². The molecule has 1 amide bonds. The molecule has 0 aliphatic rings. The van der Waals surface area contributed by atoms with Crippen molar-refractivity contribution in [2.45, 2.75) is 13.5 Å². The van der Waals surface area contributed by atoms with Crippen LogP contribution >= 0.6 is 15.9 Å². The molecule has 2 aromatic rings. The number of hydrogen-bond acceptors (Lipinski definition) is 6. The molecular weight excluding hydrogens is 368 g/mol. The van der Waals surface area contributed by atoms with Crippen LogP contribution in [0.4, 0.5) is 0 Å². The average molecular weight is 385 g/mol. The predicted molar refractivity (Wildman–Crippen MR) is 85.3 cm³/mol. The third kappa shape index (κ3) is 4.78. The lowest BCUT2D eigenvalue weighted by molar-refractivity contribution is -0.242. The van der Waals surface area contributed by atoms with E-state index in [9.17, 15) is 4.79 Å². The Labute approximate surface area is 141 Å². The first-order valence-electron chi connectivity index (χ1n) is 6.87. The molecule has 0 aliphatic heterocycles. The van der Waals surface area contributed by atoms with Crippen molar-refractivity contribution in [2.24, 2.45) is 0 Å². The highest BCUT2D eigenvalue weighted by Crippen LogP contribution is 2.27. The van der Waals surface area contributed by atoms with E-state index >= 15 is 0 Å². The van der Waals surface area contributed by atoms with Crippen molar-refractivity contribution in [3.63, 3.8) is 0 Å². The van der Waals surface area contributed by atoms with Gasteiger partial charge in [0.15, 0.2) is 5.76 Å². The Bertz CT molecular complexity index is 674. The Hall–Kier alpha value is -1.90. The maximum Gasteiger partial charge on any atom is 0.253 e. The van der Waals surface area contributed by atoms with Gasteiger partial charge in [-0.15, -0.1) is 0 Å². The van der Waals surface area contributed by atoms with Crippen LogP contribution < -0.4 is 4.74 Å². The maximum atomic E-state index is 12.2.